The number of hydrogen-bond acceptors (Lipinski definition) is 1. The monoisotopic (exact) mass is 317 g/mol. The molecule has 2 aromatic rings. The van der Waals surface area contributed by atoms with Crippen LogP contribution in [0.25, 0.3) is 0 Å². The van der Waals surface area contributed by atoms with E-state index >= 15 is 0 Å². The minimum atomic E-state index is -0.0754. The average molecular weight is 318 g/mol. The zero-order valence-electron chi connectivity index (χ0n) is 11.3. The van der Waals surface area contributed by atoms with Crippen LogP contribution in [0, 0.1) is 20.8 Å². The lowest BCUT2D eigenvalue weighted by atomic mass is 10.1. The molecule has 0 heterocycles. The maximum absolute atomic E-state index is 12.2. The summed E-state index contributed by atoms with van der Waals surface area (Å²) in [6, 6.07) is 11.6. The SMILES string of the molecule is Cc1cc(C)cc(C(=O)Nc2ccc(Br)c(C)c2)c1. The van der Waals surface area contributed by atoms with Gasteiger partial charge in [-0.2, -0.15) is 0 Å². The summed E-state index contributed by atoms with van der Waals surface area (Å²) in [6.45, 7) is 5.98. The fraction of sp³-hybridized carbons (Fsp3) is 0.188. The molecule has 0 unspecified atom stereocenters. The average Bonchev–Trinajstić information content (AvgIpc) is 2.32. The summed E-state index contributed by atoms with van der Waals surface area (Å²) in [5.74, 6) is -0.0754. The first-order chi connectivity index (χ1) is 8.95. The van der Waals surface area contributed by atoms with Crippen LogP contribution in [0.15, 0.2) is 40.9 Å². The Morgan fingerprint density at radius 2 is 1.63 bits per heavy atom. The van der Waals surface area contributed by atoms with Crippen LogP contribution in [0.2, 0.25) is 0 Å². The van der Waals surface area contributed by atoms with Crippen molar-refractivity contribution in [1.82, 2.24) is 0 Å². The largest absolute Gasteiger partial charge is 0.322 e. The van der Waals surface area contributed by atoms with Gasteiger partial charge in [-0.15, -0.1) is 0 Å². The third-order valence-corrected chi connectivity index (χ3v) is 3.79. The Morgan fingerprint density at radius 1 is 1.00 bits per heavy atom. The van der Waals surface area contributed by atoms with Gasteiger partial charge in [0.25, 0.3) is 5.91 Å². The summed E-state index contributed by atoms with van der Waals surface area (Å²) in [7, 11) is 0. The number of nitrogens with one attached hydrogen (secondary N) is 1. The Balaban J connectivity index is 2.22. The minimum absolute atomic E-state index is 0.0754. The van der Waals surface area contributed by atoms with E-state index in [-0.39, 0.29) is 5.91 Å². The van der Waals surface area contributed by atoms with Gasteiger partial charge in [0.1, 0.15) is 0 Å². The molecule has 2 rings (SSSR count). The van der Waals surface area contributed by atoms with Crippen molar-refractivity contribution in [3.8, 4) is 0 Å². The van der Waals surface area contributed by atoms with E-state index in [2.05, 4.69) is 27.3 Å². The summed E-state index contributed by atoms with van der Waals surface area (Å²) in [4.78, 5) is 12.2. The number of anilines is 1. The second kappa shape index (κ2) is 5.57. The molecule has 0 fully saturated rings. The van der Waals surface area contributed by atoms with E-state index in [9.17, 15) is 4.79 Å². The third-order valence-electron chi connectivity index (χ3n) is 2.90. The first-order valence-corrected chi connectivity index (χ1v) is 6.91. The Hall–Kier alpha value is -1.61. The highest BCUT2D eigenvalue weighted by Crippen LogP contribution is 2.20. The van der Waals surface area contributed by atoms with Gasteiger partial charge in [0.15, 0.2) is 0 Å². The maximum atomic E-state index is 12.2. The van der Waals surface area contributed by atoms with Crippen LogP contribution in [0.3, 0.4) is 0 Å². The first kappa shape index (κ1) is 13.8. The Bertz CT molecular complexity index is 614. The van der Waals surface area contributed by atoms with Gasteiger partial charge in [-0.3, -0.25) is 4.79 Å². The Kier molecular flexibility index (Phi) is 4.05. The van der Waals surface area contributed by atoms with Crippen molar-refractivity contribution < 1.29 is 4.79 Å². The van der Waals surface area contributed by atoms with E-state index in [1.807, 2.05) is 51.1 Å². The Morgan fingerprint density at radius 3 is 2.21 bits per heavy atom. The lowest BCUT2D eigenvalue weighted by molar-refractivity contribution is 0.102. The molecule has 2 aromatic carbocycles. The molecule has 0 radical (unpaired) electrons. The molecular weight excluding hydrogens is 302 g/mol. The summed E-state index contributed by atoms with van der Waals surface area (Å²) in [5.41, 5.74) is 4.79. The van der Waals surface area contributed by atoms with Crippen LogP contribution in [0.4, 0.5) is 5.69 Å². The fourth-order valence-electron chi connectivity index (χ4n) is 2.03. The summed E-state index contributed by atoms with van der Waals surface area (Å²) in [6.07, 6.45) is 0. The molecule has 1 amide bonds. The molecular formula is C16H16BrNO. The first-order valence-electron chi connectivity index (χ1n) is 6.11. The molecule has 1 N–H and O–H groups in total. The topological polar surface area (TPSA) is 29.1 Å². The number of carbonyl (C=O) groups is 1. The lowest BCUT2D eigenvalue weighted by Crippen LogP contribution is -2.12. The maximum Gasteiger partial charge on any atom is 0.255 e. The predicted octanol–water partition coefficient (Wildman–Crippen LogP) is 4.63. The van der Waals surface area contributed by atoms with Crippen molar-refractivity contribution in [3.05, 3.63) is 63.1 Å². The van der Waals surface area contributed by atoms with Gasteiger partial charge in [-0.1, -0.05) is 33.1 Å². The van der Waals surface area contributed by atoms with Crippen molar-refractivity contribution >= 4 is 27.5 Å². The van der Waals surface area contributed by atoms with Crippen molar-refractivity contribution in [2.45, 2.75) is 20.8 Å². The van der Waals surface area contributed by atoms with Crippen LogP contribution >= 0.6 is 15.9 Å². The van der Waals surface area contributed by atoms with Crippen LogP contribution in [0.5, 0.6) is 0 Å². The van der Waals surface area contributed by atoms with Gasteiger partial charge in [0.05, 0.1) is 0 Å². The zero-order chi connectivity index (χ0) is 14.0. The highest BCUT2D eigenvalue weighted by molar-refractivity contribution is 9.10. The Labute approximate surface area is 122 Å². The normalized spacial score (nSPS) is 10.3. The van der Waals surface area contributed by atoms with Gasteiger partial charge in [-0.05, 0) is 56.7 Å². The smallest absolute Gasteiger partial charge is 0.255 e. The molecule has 0 aliphatic carbocycles. The van der Waals surface area contributed by atoms with Crippen LogP contribution < -0.4 is 5.32 Å². The number of rotatable bonds is 2. The quantitative estimate of drug-likeness (QED) is 0.859. The fourth-order valence-corrected chi connectivity index (χ4v) is 2.28. The molecule has 0 aromatic heterocycles. The molecule has 98 valence electrons. The highest BCUT2D eigenvalue weighted by atomic mass is 79.9. The molecule has 0 aliphatic heterocycles. The highest BCUT2D eigenvalue weighted by Gasteiger charge is 2.07. The molecule has 3 heteroatoms. The van der Waals surface area contributed by atoms with E-state index in [0.717, 1.165) is 26.9 Å². The molecule has 2 nitrogen and oxygen atoms in total. The second-order valence-corrected chi connectivity index (χ2v) is 5.65. The van der Waals surface area contributed by atoms with Gasteiger partial charge in [-0.25, -0.2) is 0 Å². The van der Waals surface area contributed by atoms with Crippen LogP contribution in [-0.4, -0.2) is 5.91 Å². The van der Waals surface area contributed by atoms with Crippen molar-refractivity contribution in [3.63, 3.8) is 0 Å². The standard InChI is InChI=1S/C16H16BrNO/c1-10-6-11(2)8-13(7-10)16(19)18-14-4-5-15(17)12(3)9-14/h4-9H,1-3H3,(H,18,19). The number of hydrogen-bond donors (Lipinski definition) is 1. The van der Waals surface area contributed by atoms with Crippen LogP contribution in [0.1, 0.15) is 27.0 Å². The van der Waals surface area contributed by atoms with E-state index in [0.29, 0.717) is 5.56 Å². The van der Waals surface area contributed by atoms with E-state index in [1.165, 1.54) is 0 Å². The molecule has 0 saturated carbocycles. The zero-order valence-corrected chi connectivity index (χ0v) is 12.8. The van der Waals surface area contributed by atoms with Gasteiger partial charge in [0.2, 0.25) is 0 Å². The number of carbonyl (C=O) groups excluding carboxylic acids is 1. The number of benzene rings is 2. The van der Waals surface area contributed by atoms with E-state index in [4.69, 9.17) is 0 Å². The van der Waals surface area contributed by atoms with Crippen molar-refractivity contribution in [1.29, 1.82) is 0 Å². The van der Waals surface area contributed by atoms with Gasteiger partial charge < -0.3 is 5.32 Å². The summed E-state index contributed by atoms with van der Waals surface area (Å²) < 4.78 is 1.04. The number of halogens is 1. The number of amides is 1. The minimum Gasteiger partial charge on any atom is -0.322 e. The molecule has 0 atom stereocenters. The third kappa shape index (κ3) is 3.44. The van der Waals surface area contributed by atoms with E-state index < -0.39 is 0 Å². The van der Waals surface area contributed by atoms with Crippen LogP contribution in [-0.2, 0) is 0 Å². The molecule has 0 spiro atoms. The summed E-state index contributed by atoms with van der Waals surface area (Å²) in [5, 5.41) is 2.92. The van der Waals surface area contributed by atoms with E-state index in [1.54, 1.807) is 0 Å². The molecule has 0 aliphatic rings. The second-order valence-electron chi connectivity index (χ2n) is 4.79. The summed E-state index contributed by atoms with van der Waals surface area (Å²) >= 11 is 3.45. The van der Waals surface area contributed by atoms with Crippen molar-refractivity contribution in [2.24, 2.45) is 0 Å². The van der Waals surface area contributed by atoms with Gasteiger partial charge >= 0.3 is 0 Å². The molecule has 0 saturated heterocycles. The van der Waals surface area contributed by atoms with Gasteiger partial charge in [0, 0.05) is 15.7 Å². The van der Waals surface area contributed by atoms with Crippen molar-refractivity contribution in [2.75, 3.05) is 5.32 Å². The molecule has 19 heavy (non-hydrogen) atoms. The number of aryl methyl sites for hydroxylation is 3. The predicted molar refractivity (Wildman–Crippen MR) is 82.7 cm³/mol. The molecule has 0 bridgehead atoms. The lowest BCUT2D eigenvalue weighted by Gasteiger charge is -2.08.